The van der Waals surface area contributed by atoms with E-state index in [0.717, 1.165) is 22.6 Å². The standard InChI is InChI=1S/C14H16ClNO2/c1-8-6-13(18-9(8)2)14(16)11-5-4-10(15)7-12(11)17-3/h4-7,14H,16H2,1-3H3. The summed E-state index contributed by atoms with van der Waals surface area (Å²) in [7, 11) is 1.60. The fraction of sp³-hybridized carbons (Fsp3) is 0.286. The van der Waals surface area contributed by atoms with Crippen LogP contribution in [0.4, 0.5) is 0 Å². The summed E-state index contributed by atoms with van der Waals surface area (Å²) >= 11 is 5.93. The number of nitrogens with two attached hydrogens (primary N) is 1. The number of aryl methyl sites for hydroxylation is 2. The van der Waals surface area contributed by atoms with Crippen LogP contribution in [-0.4, -0.2) is 7.11 Å². The third-order valence-corrected chi connectivity index (χ3v) is 3.26. The molecule has 0 spiro atoms. The fourth-order valence-electron chi connectivity index (χ4n) is 1.85. The van der Waals surface area contributed by atoms with Crippen molar-refractivity contribution in [1.82, 2.24) is 0 Å². The minimum Gasteiger partial charge on any atom is -0.496 e. The maximum absolute atomic E-state index is 6.21. The van der Waals surface area contributed by atoms with Gasteiger partial charge in [-0.05, 0) is 37.6 Å². The Kier molecular flexibility index (Phi) is 3.64. The molecule has 0 aliphatic heterocycles. The zero-order valence-electron chi connectivity index (χ0n) is 10.7. The van der Waals surface area contributed by atoms with Crippen molar-refractivity contribution in [2.24, 2.45) is 5.73 Å². The minimum atomic E-state index is -0.357. The van der Waals surface area contributed by atoms with Crippen LogP contribution in [0, 0.1) is 13.8 Å². The molecule has 1 aromatic heterocycles. The van der Waals surface area contributed by atoms with Crippen LogP contribution in [-0.2, 0) is 0 Å². The van der Waals surface area contributed by atoms with E-state index in [4.69, 9.17) is 26.5 Å². The van der Waals surface area contributed by atoms with Crippen LogP contribution in [0.5, 0.6) is 5.75 Å². The fourth-order valence-corrected chi connectivity index (χ4v) is 2.01. The first-order chi connectivity index (χ1) is 8.52. The van der Waals surface area contributed by atoms with Gasteiger partial charge in [-0.3, -0.25) is 0 Å². The van der Waals surface area contributed by atoms with E-state index >= 15 is 0 Å². The van der Waals surface area contributed by atoms with Crippen LogP contribution in [0.2, 0.25) is 5.02 Å². The van der Waals surface area contributed by atoms with E-state index in [1.54, 1.807) is 19.2 Å². The molecule has 0 saturated heterocycles. The average Bonchev–Trinajstić information content (AvgIpc) is 2.68. The largest absolute Gasteiger partial charge is 0.496 e. The van der Waals surface area contributed by atoms with Gasteiger partial charge in [0.05, 0.1) is 13.2 Å². The Morgan fingerprint density at radius 3 is 2.56 bits per heavy atom. The summed E-state index contributed by atoms with van der Waals surface area (Å²) in [6.45, 7) is 3.92. The number of benzene rings is 1. The third-order valence-electron chi connectivity index (χ3n) is 3.02. The summed E-state index contributed by atoms with van der Waals surface area (Å²) in [5, 5.41) is 0.620. The Balaban J connectivity index is 2.42. The first-order valence-corrected chi connectivity index (χ1v) is 6.06. The second kappa shape index (κ2) is 5.04. The number of hydrogen-bond donors (Lipinski definition) is 1. The smallest absolute Gasteiger partial charge is 0.125 e. The summed E-state index contributed by atoms with van der Waals surface area (Å²) in [4.78, 5) is 0. The SMILES string of the molecule is COc1cc(Cl)ccc1C(N)c1cc(C)c(C)o1. The topological polar surface area (TPSA) is 48.4 Å². The Hall–Kier alpha value is -1.45. The molecular weight excluding hydrogens is 250 g/mol. The van der Waals surface area contributed by atoms with E-state index in [-0.39, 0.29) is 6.04 Å². The molecule has 2 aromatic rings. The van der Waals surface area contributed by atoms with Crippen molar-refractivity contribution in [1.29, 1.82) is 0 Å². The molecule has 0 aliphatic carbocycles. The Labute approximate surface area is 111 Å². The monoisotopic (exact) mass is 265 g/mol. The van der Waals surface area contributed by atoms with E-state index in [1.807, 2.05) is 26.0 Å². The molecule has 0 aliphatic rings. The Morgan fingerprint density at radius 1 is 1.28 bits per heavy atom. The first kappa shape index (κ1) is 13.0. The second-order valence-corrected chi connectivity index (χ2v) is 4.69. The summed E-state index contributed by atoms with van der Waals surface area (Å²) in [5.41, 5.74) is 8.16. The van der Waals surface area contributed by atoms with Crippen molar-refractivity contribution in [3.63, 3.8) is 0 Å². The molecule has 0 bridgehead atoms. The maximum atomic E-state index is 6.21. The highest BCUT2D eigenvalue weighted by molar-refractivity contribution is 6.30. The summed E-state index contributed by atoms with van der Waals surface area (Å²) in [6.07, 6.45) is 0. The zero-order valence-corrected chi connectivity index (χ0v) is 11.4. The van der Waals surface area contributed by atoms with Gasteiger partial charge in [-0.1, -0.05) is 17.7 Å². The van der Waals surface area contributed by atoms with Gasteiger partial charge in [0, 0.05) is 10.6 Å². The minimum absolute atomic E-state index is 0.357. The lowest BCUT2D eigenvalue weighted by Gasteiger charge is -2.14. The van der Waals surface area contributed by atoms with Crippen molar-refractivity contribution in [2.75, 3.05) is 7.11 Å². The van der Waals surface area contributed by atoms with Crippen molar-refractivity contribution in [3.8, 4) is 5.75 Å². The number of rotatable bonds is 3. The van der Waals surface area contributed by atoms with Crippen molar-refractivity contribution in [3.05, 3.63) is 51.9 Å². The van der Waals surface area contributed by atoms with Gasteiger partial charge < -0.3 is 14.9 Å². The van der Waals surface area contributed by atoms with Gasteiger partial charge in [0.15, 0.2) is 0 Å². The molecule has 0 saturated carbocycles. The first-order valence-electron chi connectivity index (χ1n) is 5.69. The van der Waals surface area contributed by atoms with Gasteiger partial charge in [0.2, 0.25) is 0 Å². The summed E-state index contributed by atoms with van der Waals surface area (Å²) in [5.74, 6) is 2.28. The molecule has 1 aromatic carbocycles. The van der Waals surface area contributed by atoms with Crippen LogP contribution < -0.4 is 10.5 Å². The normalized spacial score (nSPS) is 12.5. The number of ether oxygens (including phenoxy) is 1. The molecule has 2 N–H and O–H groups in total. The van der Waals surface area contributed by atoms with Gasteiger partial charge in [-0.15, -0.1) is 0 Å². The predicted octanol–water partition coefficient (Wildman–Crippen LogP) is 3.61. The molecule has 18 heavy (non-hydrogen) atoms. The summed E-state index contributed by atoms with van der Waals surface area (Å²) in [6, 6.07) is 7.00. The van der Waals surface area contributed by atoms with Crippen LogP contribution in [0.25, 0.3) is 0 Å². The van der Waals surface area contributed by atoms with Crippen molar-refractivity contribution >= 4 is 11.6 Å². The lowest BCUT2D eigenvalue weighted by atomic mass is 10.0. The van der Waals surface area contributed by atoms with Crippen molar-refractivity contribution < 1.29 is 9.15 Å². The summed E-state index contributed by atoms with van der Waals surface area (Å²) < 4.78 is 10.9. The molecule has 1 atom stereocenters. The van der Waals surface area contributed by atoms with Crippen molar-refractivity contribution in [2.45, 2.75) is 19.9 Å². The molecule has 3 nitrogen and oxygen atoms in total. The van der Waals surface area contributed by atoms with E-state index in [0.29, 0.717) is 10.8 Å². The van der Waals surface area contributed by atoms with E-state index in [2.05, 4.69) is 0 Å². The molecule has 1 unspecified atom stereocenters. The lowest BCUT2D eigenvalue weighted by Crippen LogP contribution is -2.12. The zero-order chi connectivity index (χ0) is 13.3. The maximum Gasteiger partial charge on any atom is 0.125 e. The van der Waals surface area contributed by atoms with Crippen LogP contribution >= 0.6 is 11.6 Å². The molecule has 0 amide bonds. The molecular formula is C14H16ClNO2. The van der Waals surface area contributed by atoms with Gasteiger partial charge in [-0.2, -0.15) is 0 Å². The Morgan fingerprint density at radius 2 is 2.00 bits per heavy atom. The quantitative estimate of drug-likeness (QED) is 0.922. The highest BCUT2D eigenvalue weighted by Gasteiger charge is 2.18. The Bertz CT molecular complexity index is 543. The molecule has 2 rings (SSSR count). The molecule has 4 heteroatoms. The number of methoxy groups -OCH3 is 1. The number of furan rings is 1. The van der Waals surface area contributed by atoms with Gasteiger partial charge >= 0.3 is 0 Å². The predicted molar refractivity (Wildman–Crippen MR) is 72.2 cm³/mol. The van der Waals surface area contributed by atoms with Gasteiger partial charge in [0.25, 0.3) is 0 Å². The van der Waals surface area contributed by atoms with Gasteiger partial charge in [-0.25, -0.2) is 0 Å². The molecule has 96 valence electrons. The average molecular weight is 266 g/mol. The number of hydrogen-bond acceptors (Lipinski definition) is 3. The molecule has 0 fully saturated rings. The van der Waals surface area contributed by atoms with Crippen LogP contribution in [0.15, 0.2) is 28.7 Å². The third kappa shape index (κ3) is 2.37. The molecule has 1 heterocycles. The van der Waals surface area contributed by atoms with E-state index in [9.17, 15) is 0 Å². The molecule has 0 radical (unpaired) electrons. The highest BCUT2D eigenvalue weighted by Crippen LogP contribution is 2.32. The highest BCUT2D eigenvalue weighted by atomic mass is 35.5. The van der Waals surface area contributed by atoms with Gasteiger partial charge in [0.1, 0.15) is 17.3 Å². The second-order valence-electron chi connectivity index (χ2n) is 4.25. The van der Waals surface area contributed by atoms with Crippen LogP contribution in [0.1, 0.15) is 28.7 Å². The van der Waals surface area contributed by atoms with E-state index < -0.39 is 0 Å². The van der Waals surface area contributed by atoms with E-state index in [1.165, 1.54) is 0 Å². The van der Waals surface area contributed by atoms with Crippen LogP contribution in [0.3, 0.4) is 0 Å². The lowest BCUT2D eigenvalue weighted by molar-refractivity contribution is 0.401. The number of halogens is 1.